The monoisotopic (exact) mass is 287 g/mol. The van der Waals surface area contributed by atoms with Gasteiger partial charge in [0.15, 0.2) is 0 Å². The first-order valence-corrected chi connectivity index (χ1v) is 8.61. The third kappa shape index (κ3) is 3.96. The van der Waals surface area contributed by atoms with Gasteiger partial charge in [0.05, 0.1) is 19.3 Å². The van der Waals surface area contributed by atoms with Crippen LogP contribution in [0.1, 0.15) is 17.4 Å². The van der Waals surface area contributed by atoms with Crippen molar-refractivity contribution in [3.63, 3.8) is 0 Å². The SMILES string of the molecule is CSCCN1CCOCC1CC(O)c1cccs1. The molecule has 0 saturated carbocycles. The van der Waals surface area contributed by atoms with Crippen LogP contribution in [0, 0.1) is 0 Å². The molecule has 2 unspecified atom stereocenters. The molecule has 1 fully saturated rings. The van der Waals surface area contributed by atoms with E-state index in [4.69, 9.17) is 4.74 Å². The highest BCUT2D eigenvalue weighted by Gasteiger charge is 2.25. The number of aliphatic hydroxyl groups excluding tert-OH is 1. The molecule has 1 saturated heterocycles. The van der Waals surface area contributed by atoms with Crippen molar-refractivity contribution in [2.45, 2.75) is 18.6 Å². The van der Waals surface area contributed by atoms with E-state index in [1.54, 1.807) is 11.3 Å². The van der Waals surface area contributed by atoms with Crippen LogP contribution >= 0.6 is 23.1 Å². The third-order valence-corrected chi connectivity index (χ3v) is 4.86. The lowest BCUT2D eigenvalue weighted by Gasteiger charge is -2.36. The maximum Gasteiger partial charge on any atom is 0.0897 e. The molecule has 3 nitrogen and oxygen atoms in total. The number of morpholine rings is 1. The fourth-order valence-corrected chi connectivity index (χ4v) is 3.41. The normalized spacial score (nSPS) is 23.1. The minimum Gasteiger partial charge on any atom is -0.388 e. The summed E-state index contributed by atoms with van der Waals surface area (Å²) >= 11 is 3.50. The predicted octanol–water partition coefficient (Wildman–Crippen LogP) is 2.24. The van der Waals surface area contributed by atoms with Crippen LogP contribution < -0.4 is 0 Å². The summed E-state index contributed by atoms with van der Waals surface area (Å²) in [5.74, 6) is 1.14. The molecule has 1 aromatic rings. The van der Waals surface area contributed by atoms with Crippen LogP contribution in [0.4, 0.5) is 0 Å². The average Bonchev–Trinajstić information content (AvgIpc) is 2.91. The first-order valence-electron chi connectivity index (χ1n) is 6.33. The van der Waals surface area contributed by atoms with Gasteiger partial charge in [-0.2, -0.15) is 11.8 Å². The van der Waals surface area contributed by atoms with Gasteiger partial charge >= 0.3 is 0 Å². The largest absolute Gasteiger partial charge is 0.388 e. The lowest BCUT2D eigenvalue weighted by atomic mass is 10.1. The number of hydrogen-bond acceptors (Lipinski definition) is 5. The van der Waals surface area contributed by atoms with Crippen LogP contribution in [0.15, 0.2) is 17.5 Å². The van der Waals surface area contributed by atoms with Gasteiger partial charge in [-0.25, -0.2) is 0 Å². The van der Waals surface area contributed by atoms with Crippen molar-refractivity contribution >= 4 is 23.1 Å². The van der Waals surface area contributed by atoms with Crippen molar-refractivity contribution in [1.82, 2.24) is 4.90 Å². The van der Waals surface area contributed by atoms with Crippen molar-refractivity contribution in [3.05, 3.63) is 22.4 Å². The van der Waals surface area contributed by atoms with E-state index in [-0.39, 0.29) is 6.10 Å². The maximum atomic E-state index is 10.2. The van der Waals surface area contributed by atoms with E-state index in [1.807, 2.05) is 29.3 Å². The summed E-state index contributed by atoms with van der Waals surface area (Å²) in [6, 6.07) is 4.35. The molecule has 1 aliphatic heterocycles. The minimum absolute atomic E-state index is 0.350. The predicted molar refractivity (Wildman–Crippen MR) is 78.5 cm³/mol. The quantitative estimate of drug-likeness (QED) is 0.870. The molecule has 5 heteroatoms. The lowest BCUT2D eigenvalue weighted by molar-refractivity contribution is -0.0228. The van der Waals surface area contributed by atoms with Gasteiger partial charge in [0.2, 0.25) is 0 Å². The van der Waals surface area contributed by atoms with Crippen LogP contribution in [0.2, 0.25) is 0 Å². The number of thiophene rings is 1. The van der Waals surface area contributed by atoms with Gasteiger partial charge in [-0.1, -0.05) is 6.07 Å². The molecular weight excluding hydrogens is 266 g/mol. The Morgan fingerprint density at radius 3 is 3.28 bits per heavy atom. The van der Waals surface area contributed by atoms with Crippen molar-refractivity contribution in [2.75, 3.05) is 38.3 Å². The van der Waals surface area contributed by atoms with E-state index in [0.29, 0.717) is 6.04 Å². The van der Waals surface area contributed by atoms with Gasteiger partial charge in [0, 0.05) is 29.8 Å². The van der Waals surface area contributed by atoms with Gasteiger partial charge in [-0.15, -0.1) is 11.3 Å². The zero-order valence-corrected chi connectivity index (χ0v) is 12.4. The molecule has 18 heavy (non-hydrogen) atoms. The van der Waals surface area contributed by atoms with E-state index in [1.165, 1.54) is 0 Å². The highest BCUT2D eigenvalue weighted by Crippen LogP contribution is 2.25. The van der Waals surface area contributed by atoms with Crippen molar-refractivity contribution < 1.29 is 9.84 Å². The fraction of sp³-hybridized carbons (Fsp3) is 0.692. The second kappa shape index (κ2) is 7.50. The smallest absolute Gasteiger partial charge is 0.0897 e. The molecule has 0 spiro atoms. The van der Waals surface area contributed by atoms with E-state index in [0.717, 1.165) is 43.4 Å². The number of aliphatic hydroxyl groups is 1. The highest BCUT2D eigenvalue weighted by molar-refractivity contribution is 7.98. The van der Waals surface area contributed by atoms with E-state index < -0.39 is 0 Å². The van der Waals surface area contributed by atoms with Gasteiger partial charge in [-0.05, 0) is 24.1 Å². The Morgan fingerprint density at radius 1 is 1.67 bits per heavy atom. The van der Waals surface area contributed by atoms with E-state index in [9.17, 15) is 5.11 Å². The van der Waals surface area contributed by atoms with E-state index >= 15 is 0 Å². The molecule has 1 aliphatic rings. The Kier molecular flexibility index (Phi) is 5.98. The van der Waals surface area contributed by atoms with Crippen LogP contribution in [0.5, 0.6) is 0 Å². The van der Waals surface area contributed by atoms with Gasteiger partial charge in [0.1, 0.15) is 0 Å². The van der Waals surface area contributed by atoms with Crippen molar-refractivity contribution in [3.8, 4) is 0 Å². The van der Waals surface area contributed by atoms with Gasteiger partial charge < -0.3 is 9.84 Å². The average molecular weight is 287 g/mol. The first-order chi connectivity index (χ1) is 8.81. The fourth-order valence-electron chi connectivity index (χ4n) is 2.26. The lowest BCUT2D eigenvalue weighted by Crippen LogP contribution is -2.47. The van der Waals surface area contributed by atoms with Crippen LogP contribution in [-0.2, 0) is 4.74 Å². The maximum absolute atomic E-state index is 10.2. The minimum atomic E-state index is -0.353. The highest BCUT2D eigenvalue weighted by atomic mass is 32.2. The summed E-state index contributed by atoms with van der Waals surface area (Å²) in [5, 5.41) is 12.2. The Morgan fingerprint density at radius 2 is 2.56 bits per heavy atom. The summed E-state index contributed by atoms with van der Waals surface area (Å²) in [5.41, 5.74) is 0. The number of thioether (sulfide) groups is 1. The molecule has 0 aromatic carbocycles. The summed E-state index contributed by atoms with van der Waals surface area (Å²) in [7, 11) is 0. The van der Waals surface area contributed by atoms with E-state index in [2.05, 4.69) is 11.2 Å². The number of rotatable bonds is 6. The molecular formula is C13H21NO2S2. The van der Waals surface area contributed by atoms with Crippen molar-refractivity contribution in [1.29, 1.82) is 0 Å². The van der Waals surface area contributed by atoms with Gasteiger partial charge in [-0.3, -0.25) is 4.90 Å². The topological polar surface area (TPSA) is 32.7 Å². The Hall–Kier alpha value is -0.0700. The van der Waals surface area contributed by atoms with Crippen LogP contribution in [0.25, 0.3) is 0 Å². The number of hydrogen-bond donors (Lipinski definition) is 1. The zero-order valence-electron chi connectivity index (χ0n) is 10.7. The second-order valence-corrected chi connectivity index (χ2v) is 6.49. The van der Waals surface area contributed by atoms with Gasteiger partial charge in [0.25, 0.3) is 0 Å². The summed E-state index contributed by atoms with van der Waals surface area (Å²) in [6.07, 6.45) is 2.55. The molecule has 0 bridgehead atoms. The summed E-state index contributed by atoms with van der Waals surface area (Å²) < 4.78 is 5.55. The zero-order chi connectivity index (χ0) is 12.8. The Labute approximate surface area is 117 Å². The molecule has 2 atom stereocenters. The molecule has 2 heterocycles. The Bertz CT molecular complexity index is 332. The van der Waals surface area contributed by atoms with Crippen molar-refractivity contribution in [2.24, 2.45) is 0 Å². The molecule has 0 amide bonds. The molecule has 2 rings (SSSR count). The second-order valence-electron chi connectivity index (χ2n) is 4.52. The van der Waals surface area contributed by atoms with Crippen LogP contribution in [0.3, 0.4) is 0 Å². The third-order valence-electron chi connectivity index (χ3n) is 3.30. The Balaban J connectivity index is 1.88. The first kappa shape index (κ1) is 14.3. The summed E-state index contributed by atoms with van der Waals surface area (Å²) in [4.78, 5) is 3.52. The number of nitrogens with zero attached hydrogens (tertiary/aromatic N) is 1. The molecule has 1 N–H and O–H groups in total. The summed E-state index contributed by atoms with van der Waals surface area (Å²) in [6.45, 7) is 3.64. The standard InChI is InChI=1S/C13H21NO2S2/c1-17-8-5-14-4-6-16-10-11(14)9-12(15)13-3-2-7-18-13/h2-3,7,11-12,15H,4-6,8-10H2,1H3. The van der Waals surface area contributed by atoms with Crippen LogP contribution in [-0.4, -0.2) is 54.4 Å². The molecule has 0 radical (unpaired) electrons. The molecule has 102 valence electrons. The number of ether oxygens (including phenoxy) is 1. The molecule has 1 aromatic heterocycles. The molecule has 0 aliphatic carbocycles.